The van der Waals surface area contributed by atoms with E-state index in [1.54, 1.807) is 0 Å². The van der Waals surface area contributed by atoms with Crippen molar-refractivity contribution >= 4 is 5.91 Å². The standard InChI is InChI=1S/C27H30F2N4O4/c1-3-4-10-22-31-25(34)23(27(36)33(22)21(16-37-2)17-8-6-5-7-9-17)26(35)32-12-11-18(15-32)24-20(29)13-19(28)14-30-24/h5-9,13-14,18,21,34H,3-4,10-12,15-16H2,1-2H3/t18?,21-/m0/s1. The topological polar surface area (TPSA) is 97.6 Å². The lowest BCUT2D eigenvalue weighted by Gasteiger charge is -2.24. The number of amides is 1. The predicted octanol–water partition coefficient (Wildman–Crippen LogP) is 3.83. The van der Waals surface area contributed by atoms with Gasteiger partial charge in [0, 0.05) is 38.6 Å². The number of ether oxygens (including phenoxy) is 1. The van der Waals surface area contributed by atoms with Crippen LogP contribution in [0.15, 0.2) is 47.4 Å². The van der Waals surface area contributed by atoms with Crippen LogP contribution in [-0.2, 0) is 11.2 Å². The molecule has 196 valence electrons. The molecule has 37 heavy (non-hydrogen) atoms. The number of rotatable bonds is 9. The minimum absolute atomic E-state index is 0.0654. The van der Waals surface area contributed by atoms with E-state index in [1.165, 1.54) is 16.6 Å². The highest BCUT2D eigenvalue weighted by Crippen LogP contribution is 2.30. The van der Waals surface area contributed by atoms with Gasteiger partial charge in [0.05, 0.1) is 24.5 Å². The fraction of sp³-hybridized carbons (Fsp3) is 0.407. The minimum Gasteiger partial charge on any atom is -0.493 e. The van der Waals surface area contributed by atoms with E-state index < -0.39 is 46.5 Å². The van der Waals surface area contributed by atoms with Gasteiger partial charge in [-0.2, -0.15) is 4.98 Å². The Labute approximate surface area is 213 Å². The molecule has 1 N–H and O–H groups in total. The van der Waals surface area contributed by atoms with Crippen LogP contribution in [0.25, 0.3) is 0 Å². The van der Waals surface area contributed by atoms with Crippen molar-refractivity contribution in [1.29, 1.82) is 0 Å². The summed E-state index contributed by atoms with van der Waals surface area (Å²) in [6, 6.07) is 9.49. The Hall–Kier alpha value is -3.66. The van der Waals surface area contributed by atoms with Gasteiger partial charge in [-0.15, -0.1) is 0 Å². The van der Waals surface area contributed by atoms with Crippen LogP contribution in [0, 0.1) is 11.6 Å². The maximum absolute atomic E-state index is 14.3. The van der Waals surface area contributed by atoms with Gasteiger partial charge in [-0.1, -0.05) is 43.7 Å². The fourth-order valence-corrected chi connectivity index (χ4v) is 4.79. The van der Waals surface area contributed by atoms with Crippen LogP contribution in [0.4, 0.5) is 8.78 Å². The van der Waals surface area contributed by atoms with Crippen molar-refractivity contribution in [3.05, 3.63) is 87.2 Å². The van der Waals surface area contributed by atoms with Crippen molar-refractivity contribution in [1.82, 2.24) is 19.4 Å². The zero-order valence-corrected chi connectivity index (χ0v) is 20.9. The van der Waals surface area contributed by atoms with E-state index in [4.69, 9.17) is 4.74 Å². The maximum Gasteiger partial charge on any atom is 0.271 e. The van der Waals surface area contributed by atoms with Crippen molar-refractivity contribution in [3.8, 4) is 5.88 Å². The van der Waals surface area contributed by atoms with Crippen molar-refractivity contribution in [2.24, 2.45) is 0 Å². The first-order chi connectivity index (χ1) is 17.8. The van der Waals surface area contributed by atoms with Crippen LogP contribution in [0.1, 0.15) is 65.6 Å². The molecule has 2 atom stereocenters. The number of hydrogen-bond acceptors (Lipinski definition) is 6. The number of likely N-dealkylation sites (tertiary alicyclic amines) is 1. The van der Waals surface area contributed by atoms with E-state index in [2.05, 4.69) is 9.97 Å². The smallest absolute Gasteiger partial charge is 0.271 e. The summed E-state index contributed by atoms with van der Waals surface area (Å²) in [5.74, 6) is -2.98. The number of halogens is 2. The molecule has 1 aliphatic heterocycles. The van der Waals surface area contributed by atoms with Gasteiger partial charge in [0.1, 0.15) is 17.5 Å². The molecule has 0 saturated carbocycles. The van der Waals surface area contributed by atoms with E-state index in [9.17, 15) is 23.5 Å². The first-order valence-corrected chi connectivity index (χ1v) is 12.3. The van der Waals surface area contributed by atoms with Crippen LogP contribution in [-0.4, -0.2) is 57.3 Å². The van der Waals surface area contributed by atoms with Crippen molar-refractivity contribution in [2.45, 2.75) is 44.6 Å². The SMILES string of the molecule is CCCCc1nc(O)c(C(=O)N2CCC(c3ncc(F)cc3F)C2)c(=O)n1[C@@H](COC)c1ccccc1. The van der Waals surface area contributed by atoms with Gasteiger partial charge in [0.15, 0.2) is 5.56 Å². The number of unbranched alkanes of at least 4 members (excludes halogenated alkanes) is 1. The zero-order valence-electron chi connectivity index (χ0n) is 20.9. The van der Waals surface area contributed by atoms with E-state index in [1.807, 2.05) is 37.3 Å². The lowest BCUT2D eigenvalue weighted by molar-refractivity contribution is 0.0782. The molecule has 1 unspecified atom stereocenters. The first kappa shape index (κ1) is 26.4. The van der Waals surface area contributed by atoms with Gasteiger partial charge in [0.25, 0.3) is 11.5 Å². The summed E-state index contributed by atoms with van der Waals surface area (Å²) in [7, 11) is 1.53. The second kappa shape index (κ2) is 11.6. The van der Waals surface area contributed by atoms with Gasteiger partial charge in [0.2, 0.25) is 5.88 Å². The number of carbonyl (C=O) groups is 1. The molecule has 0 aliphatic carbocycles. The van der Waals surface area contributed by atoms with Crippen molar-refractivity contribution in [2.75, 3.05) is 26.8 Å². The summed E-state index contributed by atoms with van der Waals surface area (Å²) in [6.07, 6.45) is 3.33. The Morgan fingerprint density at radius 1 is 1.27 bits per heavy atom. The Morgan fingerprint density at radius 3 is 2.70 bits per heavy atom. The summed E-state index contributed by atoms with van der Waals surface area (Å²) < 4.78 is 34.4. The second-order valence-electron chi connectivity index (χ2n) is 9.14. The summed E-state index contributed by atoms with van der Waals surface area (Å²) in [5.41, 5.74) is -0.237. The van der Waals surface area contributed by atoms with Gasteiger partial charge in [-0.05, 0) is 18.4 Å². The van der Waals surface area contributed by atoms with Crippen molar-refractivity contribution in [3.63, 3.8) is 0 Å². The van der Waals surface area contributed by atoms with E-state index in [0.717, 1.165) is 30.7 Å². The van der Waals surface area contributed by atoms with Crippen LogP contribution in [0.2, 0.25) is 0 Å². The highest BCUT2D eigenvalue weighted by Gasteiger charge is 2.35. The Morgan fingerprint density at radius 2 is 2.03 bits per heavy atom. The molecule has 0 radical (unpaired) electrons. The maximum atomic E-state index is 14.3. The molecule has 2 aromatic heterocycles. The van der Waals surface area contributed by atoms with Crippen LogP contribution < -0.4 is 5.56 Å². The first-order valence-electron chi connectivity index (χ1n) is 12.3. The molecule has 8 nitrogen and oxygen atoms in total. The fourth-order valence-electron chi connectivity index (χ4n) is 4.79. The molecular formula is C27H30F2N4O4. The summed E-state index contributed by atoms with van der Waals surface area (Å²) in [5, 5.41) is 10.7. The number of aromatic nitrogens is 3. The summed E-state index contributed by atoms with van der Waals surface area (Å²) in [6.45, 7) is 2.46. The monoisotopic (exact) mass is 512 g/mol. The van der Waals surface area contributed by atoms with Gasteiger partial charge < -0.3 is 14.7 Å². The molecule has 4 rings (SSSR count). The van der Waals surface area contributed by atoms with E-state index in [0.29, 0.717) is 18.7 Å². The Bertz CT molecular complexity index is 1320. The van der Waals surface area contributed by atoms with Crippen LogP contribution in [0.3, 0.4) is 0 Å². The van der Waals surface area contributed by atoms with Gasteiger partial charge >= 0.3 is 0 Å². The second-order valence-corrected chi connectivity index (χ2v) is 9.14. The van der Waals surface area contributed by atoms with E-state index >= 15 is 0 Å². The molecular weight excluding hydrogens is 482 g/mol. The predicted molar refractivity (Wildman–Crippen MR) is 133 cm³/mol. The highest BCUT2D eigenvalue weighted by molar-refractivity contribution is 5.96. The summed E-state index contributed by atoms with van der Waals surface area (Å²) in [4.78, 5) is 36.9. The van der Waals surface area contributed by atoms with E-state index in [-0.39, 0.29) is 25.4 Å². The summed E-state index contributed by atoms with van der Waals surface area (Å²) >= 11 is 0. The third-order valence-corrected chi connectivity index (χ3v) is 6.66. The Kier molecular flexibility index (Phi) is 8.27. The number of hydrogen-bond donors (Lipinski definition) is 1. The zero-order chi connectivity index (χ0) is 26.5. The molecule has 1 aliphatic rings. The van der Waals surface area contributed by atoms with Gasteiger partial charge in [-0.25, -0.2) is 8.78 Å². The largest absolute Gasteiger partial charge is 0.493 e. The van der Waals surface area contributed by atoms with Gasteiger partial charge in [-0.3, -0.25) is 19.1 Å². The number of benzene rings is 1. The molecule has 1 aromatic carbocycles. The Balaban J connectivity index is 1.73. The van der Waals surface area contributed by atoms with Crippen LogP contribution in [0.5, 0.6) is 5.88 Å². The lowest BCUT2D eigenvalue weighted by Crippen LogP contribution is -2.39. The third-order valence-electron chi connectivity index (χ3n) is 6.66. The molecule has 1 fully saturated rings. The molecule has 10 heteroatoms. The molecule has 3 aromatic rings. The average molecular weight is 513 g/mol. The van der Waals surface area contributed by atoms with Crippen molar-refractivity contribution < 1.29 is 23.4 Å². The molecule has 1 saturated heterocycles. The molecule has 3 heterocycles. The third kappa shape index (κ3) is 5.53. The number of carbonyl (C=O) groups excluding carboxylic acids is 1. The normalized spacial score (nSPS) is 16.2. The lowest BCUT2D eigenvalue weighted by atomic mass is 10.0. The minimum atomic E-state index is -0.782. The number of nitrogens with zero attached hydrogens (tertiary/aromatic N) is 4. The molecule has 0 spiro atoms. The number of methoxy groups -OCH3 is 1. The van der Waals surface area contributed by atoms with Crippen LogP contribution >= 0.6 is 0 Å². The highest BCUT2D eigenvalue weighted by atomic mass is 19.1. The average Bonchev–Trinajstić information content (AvgIpc) is 3.37. The number of aromatic hydroxyl groups is 1. The number of pyridine rings is 1. The molecule has 0 bridgehead atoms. The quantitative estimate of drug-likeness (QED) is 0.468. The number of aryl methyl sites for hydroxylation is 1. The molecule has 1 amide bonds.